The Balaban J connectivity index is 0.916. The molecule has 13 heteroatoms. The summed E-state index contributed by atoms with van der Waals surface area (Å²) < 4.78 is 13.1. The molecule has 1 unspecified atom stereocenters. The van der Waals surface area contributed by atoms with Gasteiger partial charge in [0.05, 0.1) is 38.7 Å². The van der Waals surface area contributed by atoms with Crippen molar-refractivity contribution in [3.8, 4) is 0 Å². The maximum absolute atomic E-state index is 13.0. The van der Waals surface area contributed by atoms with Crippen molar-refractivity contribution in [2.24, 2.45) is 0 Å². The second-order valence-electron chi connectivity index (χ2n) is 12.0. The second kappa shape index (κ2) is 14.9. The van der Waals surface area contributed by atoms with Gasteiger partial charge in [0.15, 0.2) is 0 Å². The first kappa shape index (κ1) is 31.7. The number of ether oxygens (including phenoxy) is 2. The van der Waals surface area contributed by atoms with Crippen molar-refractivity contribution in [2.45, 2.75) is 82.8 Å². The number of imide groups is 1. The summed E-state index contributed by atoms with van der Waals surface area (Å²) in [6.45, 7) is 6.25. The van der Waals surface area contributed by atoms with Crippen molar-refractivity contribution in [2.75, 3.05) is 44.8 Å². The van der Waals surface area contributed by atoms with E-state index in [0.29, 0.717) is 69.3 Å². The molecule has 3 aliphatic rings. The van der Waals surface area contributed by atoms with E-state index in [1.807, 2.05) is 4.68 Å². The van der Waals surface area contributed by atoms with Crippen LogP contribution in [0.4, 0.5) is 5.69 Å². The molecule has 1 aliphatic carbocycles. The normalized spacial score (nSPS) is 19.6. The van der Waals surface area contributed by atoms with Crippen molar-refractivity contribution >= 4 is 29.3 Å². The SMILES string of the molecule is CC1(c2cn(CCOCCOCCNCCC(=O)Nc3cccc4c3CN(C3CCC(=O)NC3=O)C4=O)nn2)CCCCC1. The van der Waals surface area contributed by atoms with E-state index in [4.69, 9.17) is 9.47 Å². The number of anilines is 1. The Morgan fingerprint density at radius 2 is 1.86 bits per heavy atom. The first-order valence-corrected chi connectivity index (χ1v) is 15.7. The number of rotatable bonds is 15. The Morgan fingerprint density at radius 1 is 1.07 bits per heavy atom. The summed E-state index contributed by atoms with van der Waals surface area (Å²) in [7, 11) is 0. The Kier molecular flexibility index (Phi) is 10.7. The molecule has 1 aromatic carbocycles. The Bertz CT molecular complexity index is 1340. The second-order valence-corrected chi connectivity index (χ2v) is 12.0. The highest BCUT2D eigenvalue weighted by Crippen LogP contribution is 2.37. The first-order chi connectivity index (χ1) is 21.3. The number of amides is 4. The molecular weight excluding hydrogens is 566 g/mol. The van der Waals surface area contributed by atoms with Crippen molar-refractivity contribution in [1.29, 1.82) is 0 Å². The van der Waals surface area contributed by atoms with Gasteiger partial charge in [-0.25, -0.2) is 4.68 Å². The van der Waals surface area contributed by atoms with Crippen LogP contribution < -0.4 is 16.0 Å². The molecule has 1 saturated heterocycles. The van der Waals surface area contributed by atoms with Gasteiger partial charge in [0, 0.05) is 60.9 Å². The molecule has 13 nitrogen and oxygen atoms in total. The third-order valence-corrected chi connectivity index (χ3v) is 8.76. The number of carbonyl (C=O) groups is 4. The lowest BCUT2D eigenvalue weighted by Crippen LogP contribution is -2.52. The topological polar surface area (TPSA) is 157 Å². The summed E-state index contributed by atoms with van der Waals surface area (Å²) in [5, 5.41) is 17.1. The smallest absolute Gasteiger partial charge is 0.255 e. The summed E-state index contributed by atoms with van der Waals surface area (Å²) in [6.07, 6.45) is 8.97. The lowest BCUT2D eigenvalue weighted by atomic mass is 9.74. The molecule has 1 atom stereocenters. The molecular formula is C31H43N7O6. The Morgan fingerprint density at radius 3 is 2.66 bits per heavy atom. The maximum Gasteiger partial charge on any atom is 0.255 e. The van der Waals surface area contributed by atoms with Crippen LogP contribution in [0.3, 0.4) is 0 Å². The third kappa shape index (κ3) is 7.88. The molecule has 0 radical (unpaired) electrons. The number of fused-ring (bicyclic) bond motifs is 1. The number of benzene rings is 1. The van der Waals surface area contributed by atoms with Crippen LogP contribution in [0.25, 0.3) is 0 Å². The van der Waals surface area contributed by atoms with E-state index in [2.05, 4.69) is 39.4 Å². The molecule has 3 heterocycles. The van der Waals surface area contributed by atoms with Crippen LogP contribution in [0, 0.1) is 0 Å². The minimum atomic E-state index is -0.697. The number of aromatic nitrogens is 3. The largest absolute Gasteiger partial charge is 0.378 e. The fourth-order valence-electron chi connectivity index (χ4n) is 6.14. The summed E-state index contributed by atoms with van der Waals surface area (Å²) in [6, 6.07) is 4.46. The molecule has 5 rings (SSSR count). The number of piperidine rings is 1. The van der Waals surface area contributed by atoms with Gasteiger partial charge in [0.2, 0.25) is 17.7 Å². The van der Waals surface area contributed by atoms with E-state index in [0.717, 1.165) is 5.69 Å². The lowest BCUT2D eigenvalue weighted by Gasteiger charge is -2.31. The van der Waals surface area contributed by atoms with Crippen molar-refractivity contribution in [3.05, 3.63) is 41.2 Å². The zero-order valence-corrected chi connectivity index (χ0v) is 25.4. The third-order valence-electron chi connectivity index (χ3n) is 8.76. The molecule has 2 fully saturated rings. The average molecular weight is 610 g/mol. The highest BCUT2D eigenvalue weighted by atomic mass is 16.5. The van der Waals surface area contributed by atoms with Gasteiger partial charge in [-0.1, -0.05) is 37.5 Å². The molecule has 44 heavy (non-hydrogen) atoms. The zero-order chi connectivity index (χ0) is 30.9. The van der Waals surface area contributed by atoms with Crippen molar-refractivity contribution in [3.63, 3.8) is 0 Å². The minimum absolute atomic E-state index is 0.149. The fourth-order valence-corrected chi connectivity index (χ4v) is 6.14. The van der Waals surface area contributed by atoms with E-state index in [-0.39, 0.29) is 42.5 Å². The van der Waals surface area contributed by atoms with Gasteiger partial charge in [-0.05, 0) is 31.4 Å². The van der Waals surface area contributed by atoms with E-state index >= 15 is 0 Å². The van der Waals surface area contributed by atoms with Gasteiger partial charge >= 0.3 is 0 Å². The Hall–Kier alpha value is -3.68. The van der Waals surface area contributed by atoms with Gasteiger partial charge in [-0.15, -0.1) is 5.10 Å². The van der Waals surface area contributed by atoms with E-state index in [1.165, 1.54) is 37.0 Å². The summed E-state index contributed by atoms with van der Waals surface area (Å²) in [5.74, 6) is -1.24. The van der Waals surface area contributed by atoms with Crippen molar-refractivity contribution < 1.29 is 28.7 Å². The van der Waals surface area contributed by atoms with Crippen LogP contribution in [0.1, 0.15) is 79.9 Å². The van der Waals surface area contributed by atoms with E-state index < -0.39 is 11.9 Å². The molecule has 1 aromatic heterocycles. The minimum Gasteiger partial charge on any atom is -0.378 e. The zero-order valence-electron chi connectivity index (χ0n) is 25.4. The quantitative estimate of drug-likeness (QED) is 0.203. The van der Waals surface area contributed by atoms with E-state index in [1.54, 1.807) is 18.2 Å². The number of hydrogen-bond acceptors (Lipinski definition) is 9. The number of nitrogens with zero attached hydrogens (tertiary/aromatic N) is 4. The Labute approximate surface area is 257 Å². The summed E-state index contributed by atoms with van der Waals surface area (Å²) in [5.41, 5.74) is 2.93. The molecule has 2 aromatic rings. The molecule has 238 valence electrons. The van der Waals surface area contributed by atoms with Crippen LogP contribution in [0.5, 0.6) is 0 Å². The standard InChI is InChI=1S/C31H43N7O6/c1-31(11-3-2-4-12-31)26-21-37(36-35-26)15-17-44-19-18-43-16-14-32-13-10-28(40)33-24-7-5-6-22-23(24)20-38(30(22)42)25-8-9-27(39)34-29(25)41/h5-7,21,25,32H,2-4,8-20H2,1H3,(H,33,40)(H,34,39,41). The molecule has 1 saturated carbocycles. The molecule has 2 aliphatic heterocycles. The molecule has 4 amide bonds. The first-order valence-electron chi connectivity index (χ1n) is 15.7. The van der Waals surface area contributed by atoms with E-state index in [9.17, 15) is 19.2 Å². The fraction of sp³-hybridized carbons (Fsp3) is 0.613. The summed E-state index contributed by atoms with van der Waals surface area (Å²) >= 11 is 0. The van der Waals surface area contributed by atoms with Crippen molar-refractivity contribution in [1.82, 2.24) is 30.5 Å². The average Bonchev–Trinajstić information content (AvgIpc) is 3.62. The van der Waals surface area contributed by atoms with Gasteiger partial charge in [-0.2, -0.15) is 0 Å². The van der Waals surface area contributed by atoms with Crippen LogP contribution >= 0.6 is 0 Å². The van der Waals surface area contributed by atoms with Crippen LogP contribution in [-0.4, -0.2) is 89.1 Å². The monoisotopic (exact) mass is 609 g/mol. The van der Waals surface area contributed by atoms with Gasteiger partial charge in [0.25, 0.3) is 5.91 Å². The highest BCUT2D eigenvalue weighted by Gasteiger charge is 2.40. The van der Waals surface area contributed by atoms with Gasteiger partial charge in [-0.3, -0.25) is 24.5 Å². The maximum atomic E-state index is 13.0. The molecule has 0 bridgehead atoms. The molecule has 0 spiro atoms. The number of hydrogen-bond donors (Lipinski definition) is 3. The predicted octanol–water partition coefficient (Wildman–Crippen LogP) is 1.91. The lowest BCUT2D eigenvalue weighted by molar-refractivity contribution is -0.137. The highest BCUT2D eigenvalue weighted by molar-refractivity contribution is 6.06. The summed E-state index contributed by atoms with van der Waals surface area (Å²) in [4.78, 5) is 50.8. The molecule has 3 N–H and O–H groups in total. The van der Waals surface area contributed by atoms with Crippen LogP contribution in [-0.2, 0) is 42.4 Å². The predicted molar refractivity (Wildman–Crippen MR) is 161 cm³/mol. The van der Waals surface area contributed by atoms with Crippen LogP contribution in [0.2, 0.25) is 0 Å². The van der Waals surface area contributed by atoms with Crippen LogP contribution in [0.15, 0.2) is 24.4 Å². The van der Waals surface area contributed by atoms with Gasteiger partial charge in [0.1, 0.15) is 6.04 Å². The van der Waals surface area contributed by atoms with Gasteiger partial charge < -0.3 is 25.0 Å². The number of nitrogens with one attached hydrogen (secondary N) is 3. The number of carbonyl (C=O) groups excluding carboxylic acids is 4.